The first-order chi connectivity index (χ1) is 10.0. The largest absolute Gasteiger partial charge is 0.432 e. The number of nitrogens with zero attached hydrogens (tertiary/aromatic N) is 5. The van der Waals surface area contributed by atoms with Gasteiger partial charge in [0, 0.05) is 12.1 Å². The second-order valence-electron chi connectivity index (χ2n) is 4.22. The highest BCUT2D eigenvalue weighted by molar-refractivity contribution is 6.29. The summed E-state index contributed by atoms with van der Waals surface area (Å²) in [5.41, 5.74) is 0.615. The van der Waals surface area contributed by atoms with E-state index in [-0.39, 0.29) is 28.2 Å². The molecule has 3 aromatic rings. The Bertz CT molecular complexity index is 848. The number of aryl methyl sites for hydroxylation is 1. The van der Waals surface area contributed by atoms with Gasteiger partial charge in [-0.1, -0.05) is 17.7 Å². The predicted octanol–water partition coefficient (Wildman–Crippen LogP) is 2.79. The van der Waals surface area contributed by atoms with Crippen LogP contribution in [0.2, 0.25) is 5.15 Å². The number of ether oxygens (including phenoxy) is 1. The third kappa shape index (κ3) is 2.48. The smallest absolute Gasteiger partial charge is 0.311 e. The van der Waals surface area contributed by atoms with Gasteiger partial charge in [0.2, 0.25) is 11.6 Å². The molecule has 0 saturated carbocycles. The maximum absolute atomic E-state index is 11.1. The first kappa shape index (κ1) is 13.3. The number of hydrogen-bond acceptors (Lipinski definition) is 6. The van der Waals surface area contributed by atoms with Crippen molar-refractivity contribution >= 4 is 23.1 Å². The summed E-state index contributed by atoms with van der Waals surface area (Å²) in [6, 6.07) is 6.07. The van der Waals surface area contributed by atoms with Crippen molar-refractivity contribution in [2.75, 3.05) is 0 Å². The molecule has 0 radical (unpaired) electrons. The van der Waals surface area contributed by atoms with Gasteiger partial charge in [-0.25, -0.2) is 0 Å². The average Bonchev–Trinajstić information content (AvgIpc) is 2.88. The summed E-state index contributed by atoms with van der Waals surface area (Å²) in [4.78, 5) is 18.4. The molecule has 2 heterocycles. The zero-order valence-electron chi connectivity index (χ0n) is 10.7. The van der Waals surface area contributed by atoms with Gasteiger partial charge in [-0.05, 0) is 18.6 Å². The number of fused-ring (bicyclic) bond motifs is 1. The van der Waals surface area contributed by atoms with Crippen LogP contribution in [0.5, 0.6) is 11.6 Å². The minimum absolute atomic E-state index is 0.0877. The molecule has 0 aliphatic carbocycles. The number of rotatable bonds is 3. The van der Waals surface area contributed by atoms with Crippen LogP contribution in [-0.2, 0) is 0 Å². The number of nitro groups is 1. The van der Waals surface area contributed by atoms with Crippen LogP contribution in [0.1, 0.15) is 5.56 Å². The molecule has 0 bridgehead atoms. The molecule has 0 aliphatic heterocycles. The van der Waals surface area contributed by atoms with Crippen molar-refractivity contribution in [3.05, 3.63) is 51.4 Å². The summed E-state index contributed by atoms with van der Waals surface area (Å²) in [5.74, 6) is 0.520. The van der Waals surface area contributed by atoms with E-state index in [4.69, 9.17) is 16.3 Å². The Hall–Kier alpha value is -2.74. The summed E-state index contributed by atoms with van der Waals surface area (Å²) < 4.78 is 6.87. The fourth-order valence-corrected chi connectivity index (χ4v) is 1.97. The molecule has 0 aliphatic rings. The zero-order valence-corrected chi connectivity index (χ0v) is 11.5. The lowest BCUT2D eigenvalue weighted by Crippen LogP contribution is -2.00. The van der Waals surface area contributed by atoms with Gasteiger partial charge < -0.3 is 4.74 Å². The quantitative estimate of drug-likeness (QED) is 0.419. The van der Waals surface area contributed by atoms with E-state index in [1.165, 1.54) is 29.0 Å². The standard InChI is InChI=1S/C12H8ClN5O3/c1-7-2-3-9(8(4-7)18(19)20)21-11-5-10(13)16-12-14-6-15-17(11)12/h2-6H,1H3. The van der Waals surface area contributed by atoms with Gasteiger partial charge in [0.05, 0.1) is 4.92 Å². The van der Waals surface area contributed by atoms with Crippen LogP contribution in [-0.4, -0.2) is 24.5 Å². The monoisotopic (exact) mass is 305 g/mol. The summed E-state index contributed by atoms with van der Waals surface area (Å²) in [6.07, 6.45) is 1.29. The zero-order chi connectivity index (χ0) is 15.0. The molecule has 0 unspecified atom stereocenters. The number of nitro benzene ring substituents is 1. The lowest BCUT2D eigenvalue weighted by atomic mass is 10.2. The van der Waals surface area contributed by atoms with E-state index in [1.807, 2.05) is 0 Å². The van der Waals surface area contributed by atoms with Crippen molar-refractivity contribution in [3.63, 3.8) is 0 Å². The molecule has 0 saturated heterocycles. The van der Waals surface area contributed by atoms with E-state index in [9.17, 15) is 10.1 Å². The molecule has 106 valence electrons. The summed E-state index contributed by atoms with van der Waals surface area (Å²) in [7, 11) is 0. The van der Waals surface area contributed by atoms with Crippen LogP contribution in [0, 0.1) is 17.0 Å². The highest BCUT2D eigenvalue weighted by Gasteiger charge is 2.18. The summed E-state index contributed by atoms with van der Waals surface area (Å²) >= 11 is 5.87. The van der Waals surface area contributed by atoms with Gasteiger partial charge in [-0.15, -0.1) is 0 Å². The van der Waals surface area contributed by atoms with Crippen LogP contribution < -0.4 is 4.74 Å². The fraction of sp³-hybridized carbons (Fsp3) is 0.0833. The van der Waals surface area contributed by atoms with E-state index >= 15 is 0 Å². The first-order valence-electron chi connectivity index (χ1n) is 5.84. The first-order valence-corrected chi connectivity index (χ1v) is 6.21. The maximum Gasteiger partial charge on any atom is 0.311 e. The van der Waals surface area contributed by atoms with Gasteiger partial charge >= 0.3 is 5.69 Å². The number of benzene rings is 1. The van der Waals surface area contributed by atoms with E-state index < -0.39 is 4.92 Å². The van der Waals surface area contributed by atoms with Gasteiger partial charge in [-0.3, -0.25) is 10.1 Å². The number of halogens is 1. The Morgan fingerprint density at radius 1 is 1.38 bits per heavy atom. The van der Waals surface area contributed by atoms with Crippen molar-refractivity contribution in [1.29, 1.82) is 0 Å². The maximum atomic E-state index is 11.1. The lowest BCUT2D eigenvalue weighted by Gasteiger charge is -2.08. The van der Waals surface area contributed by atoms with Gasteiger partial charge in [0.1, 0.15) is 11.5 Å². The van der Waals surface area contributed by atoms with Crippen molar-refractivity contribution in [3.8, 4) is 11.6 Å². The Kier molecular flexibility index (Phi) is 3.15. The molecule has 0 atom stereocenters. The predicted molar refractivity (Wildman–Crippen MR) is 73.7 cm³/mol. The van der Waals surface area contributed by atoms with Gasteiger partial charge in [-0.2, -0.15) is 19.6 Å². The molecule has 0 N–H and O–H groups in total. The topological polar surface area (TPSA) is 95.5 Å². The SMILES string of the molecule is Cc1ccc(Oc2cc(Cl)nc3ncnn23)c([N+](=O)[O-])c1. The summed E-state index contributed by atoms with van der Waals surface area (Å²) in [6.45, 7) is 1.76. The molecule has 9 heteroatoms. The molecular formula is C12H8ClN5O3. The number of hydrogen-bond donors (Lipinski definition) is 0. The minimum Gasteiger partial charge on any atom is -0.432 e. The van der Waals surface area contributed by atoms with Gasteiger partial charge in [0.15, 0.2) is 0 Å². The summed E-state index contributed by atoms with van der Waals surface area (Å²) in [5, 5.41) is 15.2. The Labute approximate surface area is 123 Å². The van der Waals surface area contributed by atoms with Crippen molar-refractivity contribution < 1.29 is 9.66 Å². The van der Waals surface area contributed by atoms with Crippen molar-refractivity contribution in [2.24, 2.45) is 0 Å². The van der Waals surface area contributed by atoms with E-state index in [1.54, 1.807) is 13.0 Å². The van der Waals surface area contributed by atoms with E-state index in [0.717, 1.165) is 5.56 Å². The van der Waals surface area contributed by atoms with Crippen molar-refractivity contribution in [2.45, 2.75) is 6.92 Å². The molecule has 0 spiro atoms. The molecule has 3 rings (SSSR count). The molecule has 8 nitrogen and oxygen atoms in total. The molecule has 0 fully saturated rings. The Morgan fingerprint density at radius 3 is 2.95 bits per heavy atom. The highest BCUT2D eigenvalue weighted by atomic mass is 35.5. The Morgan fingerprint density at radius 2 is 2.19 bits per heavy atom. The van der Waals surface area contributed by atoms with Crippen LogP contribution in [0.4, 0.5) is 5.69 Å². The average molecular weight is 306 g/mol. The highest BCUT2D eigenvalue weighted by Crippen LogP contribution is 2.32. The van der Waals surface area contributed by atoms with E-state index in [2.05, 4.69) is 15.1 Å². The third-order valence-electron chi connectivity index (χ3n) is 2.71. The van der Waals surface area contributed by atoms with Crippen LogP contribution in [0.3, 0.4) is 0 Å². The molecule has 21 heavy (non-hydrogen) atoms. The minimum atomic E-state index is -0.510. The lowest BCUT2D eigenvalue weighted by molar-refractivity contribution is -0.385. The van der Waals surface area contributed by atoms with Crippen LogP contribution in [0.25, 0.3) is 5.78 Å². The third-order valence-corrected chi connectivity index (χ3v) is 2.91. The van der Waals surface area contributed by atoms with E-state index in [0.29, 0.717) is 0 Å². The second-order valence-corrected chi connectivity index (χ2v) is 4.61. The van der Waals surface area contributed by atoms with Crippen LogP contribution in [0.15, 0.2) is 30.6 Å². The normalized spacial score (nSPS) is 10.8. The molecule has 1 aromatic carbocycles. The van der Waals surface area contributed by atoms with Crippen molar-refractivity contribution in [1.82, 2.24) is 19.6 Å². The second kappa shape index (κ2) is 4.98. The van der Waals surface area contributed by atoms with Gasteiger partial charge in [0.25, 0.3) is 5.78 Å². The molecular weight excluding hydrogens is 298 g/mol. The number of aromatic nitrogens is 4. The Balaban J connectivity index is 2.10. The fourth-order valence-electron chi connectivity index (χ4n) is 1.80. The molecule has 0 amide bonds. The molecule has 2 aromatic heterocycles. The van der Waals surface area contributed by atoms with Crippen LogP contribution >= 0.6 is 11.6 Å².